The molecule has 10 heteroatoms. The van der Waals surface area contributed by atoms with Gasteiger partial charge in [0.05, 0.1) is 18.8 Å². The number of carbonyl (C=O) groups is 1. The summed E-state index contributed by atoms with van der Waals surface area (Å²) in [6.45, 7) is 0. The molecule has 0 bridgehead atoms. The van der Waals surface area contributed by atoms with Crippen molar-refractivity contribution < 1.29 is 23.0 Å². The van der Waals surface area contributed by atoms with Crippen LogP contribution in [-0.4, -0.2) is 27.6 Å². The number of nitrogens with one attached hydrogen (secondary N) is 1. The highest BCUT2D eigenvalue weighted by molar-refractivity contribution is 6.04. The van der Waals surface area contributed by atoms with Crippen LogP contribution in [0, 0.1) is 11.6 Å². The standard InChI is InChI=1S/C28H20F2N4O4/c1-34-14-20(16-3-5-17(29)6-4-16)27(35)21(15-34)28(36)33-18-7-8-24(22(30)11-18)38-25-9-10-31-23-12-19(37-2)13-32-26(23)25/h3-15H,1-2H3,(H,33,36). The van der Waals surface area contributed by atoms with Gasteiger partial charge in [-0.1, -0.05) is 12.1 Å². The van der Waals surface area contributed by atoms with Crippen LogP contribution in [0.3, 0.4) is 0 Å². The second kappa shape index (κ2) is 10.1. The number of rotatable bonds is 6. The Morgan fingerprint density at radius 2 is 1.76 bits per heavy atom. The van der Waals surface area contributed by atoms with Crippen molar-refractivity contribution in [3.05, 3.63) is 107 Å². The molecule has 0 fully saturated rings. The molecule has 3 aromatic heterocycles. The van der Waals surface area contributed by atoms with E-state index in [4.69, 9.17) is 9.47 Å². The fraction of sp³-hybridized carbons (Fsp3) is 0.0714. The third-order valence-electron chi connectivity index (χ3n) is 5.72. The lowest BCUT2D eigenvalue weighted by Gasteiger charge is -2.12. The molecule has 0 atom stereocenters. The van der Waals surface area contributed by atoms with Crippen LogP contribution in [0.1, 0.15) is 10.4 Å². The van der Waals surface area contributed by atoms with Gasteiger partial charge in [-0.3, -0.25) is 14.6 Å². The first-order valence-electron chi connectivity index (χ1n) is 11.4. The largest absolute Gasteiger partial charge is 0.495 e. The zero-order valence-corrected chi connectivity index (χ0v) is 20.2. The topological polar surface area (TPSA) is 95.3 Å². The number of amides is 1. The van der Waals surface area contributed by atoms with E-state index in [1.54, 1.807) is 29.9 Å². The van der Waals surface area contributed by atoms with E-state index in [1.165, 1.54) is 62.1 Å². The molecule has 0 aliphatic carbocycles. The fourth-order valence-electron chi connectivity index (χ4n) is 3.86. The summed E-state index contributed by atoms with van der Waals surface area (Å²) in [6, 6.07) is 12.5. The summed E-state index contributed by atoms with van der Waals surface area (Å²) < 4.78 is 40.7. The molecule has 3 heterocycles. The molecule has 0 saturated heterocycles. The predicted molar refractivity (Wildman–Crippen MR) is 138 cm³/mol. The van der Waals surface area contributed by atoms with E-state index in [1.807, 2.05) is 0 Å². The van der Waals surface area contributed by atoms with Gasteiger partial charge in [0.2, 0.25) is 5.43 Å². The number of carbonyl (C=O) groups excluding carboxylic acids is 1. The van der Waals surface area contributed by atoms with E-state index in [9.17, 15) is 18.4 Å². The number of hydrogen-bond donors (Lipinski definition) is 1. The van der Waals surface area contributed by atoms with Gasteiger partial charge < -0.3 is 19.4 Å². The van der Waals surface area contributed by atoms with E-state index in [0.717, 1.165) is 6.07 Å². The minimum Gasteiger partial charge on any atom is -0.495 e. The summed E-state index contributed by atoms with van der Waals surface area (Å²) in [5.41, 5.74) is 1.05. The normalized spacial score (nSPS) is 10.8. The van der Waals surface area contributed by atoms with Crippen LogP contribution < -0.4 is 20.2 Å². The molecular weight excluding hydrogens is 494 g/mol. The maximum absolute atomic E-state index is 14.9. The van der Waals surface area contributed by atoms with Crippen molar-refractivity contribution in [1.82, 2.24) is 14.5 Å². The van der Waals surface area contributed by atoms with E-state index in [2.05, 4.69) is 15.3 Å². The van der Waals surface area contributed by atoms with Gasteiger partial charge in [-0.05, 0) is 29.8 Å². The van der Waals surface area contributed by atoms with Crippen molar-refractivity contribution in [3.8, 4) is 28.4 Å². The molecule has 0 unspecified atom stereocenters. The van der Waals surface area contributed by atoms with Crippen LogP contribution in [0.4, 0.5) is 14.5 Å². The summed E-state index contributed by atoms with van der Waals surface area (Å²) in [6.07, 6.45) is 5.92. The number of benzene rings is 2. The highest BCUT2D eigenvalue weighted by atomic mass is 19.1. The SMILES string of the molecule is COc1cnc2c(Oc3ccc(NC(=O)c4cn(C)cc(-c5ccc(F)cc5)c4=O)cc3F)ccnc2c1. The Bertz CT molecular complexity index is 1740. The summed E-state index contributed by atoms with van der Waals surface area (Å²) in [5.74, 6) is -1.19. The number of methoxy groups -OCH3 is 1. The Hall–Kier alpha value is -5.12. The van der Waals surface area contributed by atoms with Gasteiger partial charge in [-0.25, -0.2) is 13.8 Å². The maximum atomic E-state index is 14.9. The first kappa shape index (κ1) is 24.6. The Kier molecular flexibility index (Phi) is 6.53. The summed E-state index contributed by atoms with van der Waals surface area (Å²) in [4.78, 5) is 34.5. The maximum Gasteiger partial charge on any atom is 0.261 e. The van der Waals surface area contributed by atoms with Gasteiger partial charge in [0.15, 0.2) is 17.3 Å². The molecule has 0 saturated carbocycles. The number of anilines is 1. The minimum atomic E-state index is -0.741. The molecule has 0 radical (unpaired) electrons. The van der Waals surface area contributed by atoms with Crippen LogP contribution in [0.25, 0.3) is 22.2 Å². The molecule has 8 nitrogen and oxygen atoms in total. The number of pyridine rings is 3. The lowest BCUT2D eigenvalue weighted by molar-refractivity contribution is 0.102. The highest BCUT2D eigenvalue weighted by Gasteiger charge is 2.17. The molecule has 1 N–H and O–H groups in total. The second-order valence-corrected chi connectivity index (χ2v) is 8.34. The smallest absolute Gasteiger partial charge is 0.261 e. The lowest BCUT2D eigenvalue weighted by atomic mass is 10.0. The molecule has 5 rings (SSSR count). The van der Waals surface area contributed by atoms with Gasteiger partial charge in [0, 0.05) is 55.1 Å². The first-order chi connectivity index (χ1) is 18.3. The van der Waals surface area contributed by atoms with Crippen molar-refractivity contribution in [2.75, 3.05) is 12.4 Å². The number of ether oxygens (including phenoxy) is 2. The van der Waals surface area contributed by atoms with Gasteiger partial charge in [0.1, 0.15) is 22.6 Å². The molecule has 1 amide bonds. The average Bonchev–Trinajstić information content (AvgIpc) is 2.91. The monoisotopic (exact) mass is 514 g/mol. The Morgan fingerprint density at radius 1 is 0.974 bits per heavy atom. The minimum absolute atomic E-state index is 0.0951. The zero-order valence-electron chi connectivity index (χ0n) is 20.2. The lowest BCUT2D eigenvalue weighted by Crippen LogP contribution is -2.24. The molecule has 0 aliphatic heterocycles. The molecule has 2 aromatic carbocycles. The van der Waals surface area contributed by atoms with Crippen molar-refractivity contribution >= 4 is 22.6 Å². The average molecular weight is 514 g/mol. The van der Waals surface area contributed by atoms with Gasteiger partial charge in [0.25, 0.3) is 5.91 Å². The molecule has 38 heavy (non-hydrogen) atoms. The van der Waals surface area contributed by atoms with Crippen molar-refractivity contribution in [3.63, 3.8) is 0 Å². The van der Waals surface area contributed by atoms with Crippen molar-refractivity contribution in [2.45, 2.75) is 0 Å². The summed E-state index contributed by atoms with van der Waals surface area (Å²) >= 11 is 0. The highest BCUT2D eigenvalue weighted by Crippen LogP contribution is 2.31. The first-order valence-corrected chi connectivity index (χ1v) is 11.4. The quantitative estimate of drug-likeness (QED) is 0.329. The van der Waals surface area contributed by atoms with Crippen LogP contribution in [0.15, 0.2) is 84.2 Å². The van der Waals surface area contributed by atoms with E-state index in [-0.39, 0.29) is 28.3 Å². The molecule has 0 aliphatic rings. The van der Waals surface area contributed by atoms with Crippen LogP contribution in [0.5, 0.6) is 17.2 Å². The van der Waals surface area contributed by atoms with Gasteiger partial charge in [-0.2, -0.15) is 0 Å². The van der Waals surface area contributed by atoms with Crippen molar-refractivity contribution in [1.29, 1.82) is 0 Å². The fourth-order valence-corrected chi connectivity index (χ4v) is 3.86. The molecule has 5 aromatic rings. The predicted octanol–water partition coefficient (Wildman–Crippen LogP) is 5.33. The van der Waals surface area contributed by atoms with Gasteiger partial charge >= 0.3 is 0 Å². The number of hydrogen-bond acceptors (Lipinski definition) is 6. The number of aryl methyl sites for hydroxylation is 1. The summed E-state index contributed by atoms with van der Waals surface area (Å²) in [7, 11) is 3.17. The third-order valence-corrected chi connectivity index (χ3v) is 5.72. The Balaban J connectivity index is 1.39. The van der Waals surface area contributed by atoms with Crippen LogP contribution >= 0.6 is 0 Å². The van der Waals surface area contributed by atoms with E-state index in [0.29, 0.717) is 22.3 Å². The van der Waals surface area contributed by atoms with Crippen molar-refractivity contribution in [2.24, 2.45) is 7.05 Å². The molecule has 0 spiro atoms. The molecular formula is C28H20F2N4O4. The summed E-state index contributed by atoms with van der Waals surface area (Å²) in [5, 5.41) is 2.54. The number of halogens is 2. The van der Waals surface area contributed by atoms with Gasteiger partial charge in [-0.15, -0.1) is 0 Å². The van der Waals surface area contributed by atoms with Crippen LogP contribution in [0.2, 0.25) is 0 Å². The van der Waals surface area contributed by atoms with E-state index < -0.39 is 23.0 Å². The number of aromatic nitrogens is 3. The third kappa shape index (κ3) is 4.92. The van der Waals surface area contributed by atoms with E-state index >= 15 is 0 Å². The zero-order chi connectivity index (χ0) is 26.8. The Morgan fingerprint density at radius 3 is 2.50 bits per heavy atom. The van der Waals surface area contributed by atoms with Crippen LogP contribution in [-0.2, 0) is 7.05 Å². The molecule has 190 valence electrons. The second-order valence-electron chi connectivity index (χ2n) is 8.34. The number of nitrogens with zero attached hydrogens (tertiary/aromatic N) is 3. The number of fused-ring (bicyclic) bond motifs is 1. The Labute approximate surface area is 215 Å².